The van der Waals surface area contributed by atoms with E-state index in [0.717, 1.165) is 25.7 Å². The Kier molecular flexibility index (Phi) is 8.62. The fourth-order valence-electron chi connectivity index (χ4n) is 1.96. The van der Waals surface area contributed by atoms with E-state index in [1.165, 1.54) is 0 Å². The number of carboxylic acids is 2. The Labute approximate surface area is 108 Å². The summed E-state index contributed by atoms with van der Waals surface area (Å²) >= 11 is 0. The summed E-state index contributed by atoms with van der Waals surface area (Å²) in [5, 5.41) is 17.4. The molecule has 1 fully saturated rings. The monoisotopic (exact) mass is 254 g/mol. The lowest BCUT2D eigenvalue weighted by molar-refractivity contribution is -0.155. The Morgan fingerprint density at radius 1 is 0.944 bits per heavy atom. The van der Waals surface area contributed by atoms with Crippen LogP contribution >= 0.6 is 0 Å². The average Bonchev–Trinajstić information content (AvgIpc) is 2.37. The van der Waals surface area contributed by atoms with Gasteiger partial charge in [-0.3, -0.25) is 9.59 Å². The van der Waals surface area contributed by atoms with Crippen LogP contribution < -0.4 is 0 Å². The Hall–Kier alpha value is -1.58. The van der Waals surface area contributed by atoms with E-state index in [9.17, 15) is 9.59 Å². The molecular weight excluding hydrogens is 232 g/mol. The van der Waals surface area contributed by atoms with Crippen LogP contribution in [0.25, 0.3) is 0 Å². The number of hydrogen-bond donors (Lipinski definition) is 2. The van der Waals surface area contributed by atoms with Gasteiger partial charge in [0.25, 0.3) is 0 Å². The van der Waals surface area contributed by atoms with Gasteiger partial charge in [-0.2, -0.15) is 0 Å². The lowest BCUT2D eigenvalue weighted by Gasteiger charge is -2.24. The molecule has 0 amide bonds. The summed E-state index contributed by atoms with van der Waals surface area (Å²) in [5.74, 6) is -3.28. The van der Waals surface area contributed by atoms with Gasteiger partial charge in [0.15, 0.2) is 0 Å². The zero-order valence-electron chi connectivity index (χ0n) is 10.7. The Bertz CT molecular complexity index is 266. The molecule has 4 heteroatoms. The molecule has 1 rings (SSSR count). The maximum atomic E-state index is 10.6. The summed E-state index contributed by atoms with van der Waals surface area (Å²) in [6, 6.07) is 0. The van der Waals surface area contributed by atoms with E-state index in [1.807, 2.05) is 12.2 Å². The second-order valence-electron chi connectivity index (χ2n) is 4.33. The zero-order chi connectivity index (χ0) is 14.0. The SMILES string of the molecule is C=CCCC=C.O=C(O)C1CCCCC1C(=O)O. The maximum absolute atomic E-state index is 10.6. The first-order valence-corrected chi connectivity index (χ1v) is 6.22. The van der Waals surface area contributed by atoms with E-state index in [4.69, 9.17) is 10.2 Å². The number of carbonyl (C=O) groups is 2. The molecule has 0 spiro atoms. The van der Waals surface area contributed by atoms with Crippen molar-refractivity contribution in [3.8, 4) is 0 Å². The minimum atomic E-state index is -0.970. The molecule has 0 aromatic carbocycles. The molecule has 2 atom stereocenters. The normalized spacial score (nSPS) is 22.2. The summed E-state index contributed by atoms with van der Waals surface area (Å²) in [6.07, 6.45) is 8.58. The third-order valence-electron chi connectivity index (χ3n) is 2.98. The largest absolute Gasteiger partial charge is 0.481 e. The first-order valence-electron chi connectivity index (χ1n) is 6.22. The molecule has 4 nitrogen and oxygen atoms in total. The van der Waals surface area contributed by atoms with Crippen molar-refractivity contribution in [1.82, 2.24) is 0 Å². The number of rotatable bonds is 5. The molecule has 18 heavy (non-hydrogen) atoms. The van der Waals surface area contributed by atoms with Crippen molar-refractivity contribution in [2.75, 3.05) is 0 Å². The van der Waals surface area contributed by atoms with E-state index in [2.05, 4.69) is 13.2 Å². The van der Waals surface area contributed by atoms with Gasteiger partial charge in [-0.05, 0) is 25.7 Å². The van der Waals surface area contributed by atoms with Crippen LogP contribution in [-0.2, 0) is 9.59 Å². The molecule has 0 heterocycles. The van der Waals surface area contributed by atoms with Gasteiger partial charge in [0.2, 0.25) is 0 Å². The fraction of sp³-hybridized carbons (Fsp3) is 0.571. The second-order valence-corrected chi connectivity index (χ2v) is 4.33. The number of hydrogen-bond acceptors (Lipinski definition) is 2. The van der Waals surface area contributed by atoms with Crippen molar-refractivity contribution >= 4 is 11.9 Å². The third-order valence-corrected chi connectivity index (χ3v) is 2.98. The smallest absolute Gasteiger partial charge is 0.307 e. The molecule has 0 aromatic rings. The molecule has 1 aliphatic rings. The number of unbranched alkanes of at least 4 members (excludes halogenated alkanes) is 1. The minimum absolute atomic E-state index is 0.506. The second kappa shape index (κ2) is 9.45. The van der Waals surface area contributed by atoms with Crippen molar-refractivity contribution < 1.29 is 19.8 Å². The summed E-state index contributed by atoms with van der Waals surface area (Å²) < 4.78 is 0. The maximum Gasteiger partial charge on any atom is 0.307 e. The number of allylic oxidation sites excluding steroid dienone is 2. The summed E-state index contributed by atoms with van der Waals surface area (Å²) in [6.45, 7) is 7.10. The Morgan fingerprint density at radius 3 is 1.50 bits per heavy atom. The predicted octanol–water partition coefficient (Wildman–Crippen LogP) is 3.10. The average molecular weight is 254 g/mol. The topological polar surface area (TPSA) is 74.6 Å². The van der Waals surface area contributed by atoms with Crippen LogP contribution in [0.15, 0.2) is 25.3 Å². The summed E-state index contributed by atoms with van der Waals surface area (Å²) in [5.41, 5.74) is 0. The molecule has 0 aliphatic heterocycles. The predicted molar refractivity (Wildman–Crippen MR) is 70.3 cm³/mol. The van der Waals surface area contributed by atoms with E-state index >= 15 is 0 Å². The molecule has 0 bridgehead atoms. The fourth-order valence-corrected chi connectivity index (χ4v) is 1.96. The molecule has 0 radical (unpaired) electrons. The molecule has 2 N–H and O–H groups in total. The Balaban J connectivity index is 0.000000411. The van der Waals surface area contributed by atoms with Crippen LogP contribution in [0.4, 0.5) is 0 Å². The van der Waals surface area contributed by atoms with Crippen LogP contribution in [0, 0.1) is 11.8 Å². The van der Waals surface area contributed by atoms with Crippen LogP contribution in [0.2, 0.25) is 0 Å². The Morgan fingerprint density at radius 2 is 1.28 bits per heavy atom. The summed E-state index contributed by atoms with van der Waals surface area (Å²) in [4.78, 5) is 21.2. The van der Waals surface area contributed by atoms with Gasteiger partial charge in [-0.15, -0.1) is 13.2 Å². The van der Waals surface area contributed by atoms with E-state index in [0.29, 0.717) is 12.8 Å². The molecule has 102 valence electrons. The van der Waals surface area contributed by atoms with Crippen molar-refractivity contribution in [2.45, 2.75) is 38.5 Å². The van der Waals surface area contributed by atoms with Crippen molar-refractivity contribution in [3.63, 3.8) is 0 Å². The highest BCUT2D eigenvalue weighted by atomic mass is 16.4. The highest BCUT2D eigenvalue weighted by Gasteiger charge is 2.35. The van der Waals surface area contributed by atoms with Gasteiger partial charge in [0, 0.05) is 0 Å². The highest BCUT2D eigenvalue weighted by Crippen LogP contribution is 2.30. The van der Waals surface area contributed by atoms with Gasteiger partial charge in [0.05, 0.1) is 11.8 Å². The first-order chi connectivity index (χ1) is 8.54. The van der Waals surface area contributed by atoms with E-state index < -0.39 is 23.8 Å². The molecule has 0 aromatic heterocycles. The third kappa shape index (κ3) is 6.23. The van der Waals surface area contributed by atoms with Crippen LogP contribution in [0.1, 0.15) is 38.5 Å². The van der Waals surface area contributed by atoms with Crippen LogP contribution in [0.3, 0.4) is 0 Å². The van der Waals surface area contributed by atoms with Crippen molar-refractivity contribution in [1.29, 1.82) is 0 Å². The van der Waals surface area contributed by atoms with Gasteiger partial charge >= 0.3 is 11.9 Å². The van der Waals surface area contributed by atoms with Crippen molar-refractivity contribution in [3.05, 3.63) is 25.3 Å². The number of aliphatic carboxylic acids is 2. The minimum Gasteiger partial charge on any atom is -0.481 e. The molecule has 1 aliphatic carbocycles. The van der Waals surface area contributed by atoms with E-state index in [-0.39, 0.29) is 0 Å². The number of carboxylic acid groups (broad SMARTS) is 2. The van der Waals surface area contributed by atoms with Gasteiger partial charge in [0.1, 0.15) is 0 Å². The van der Waals surface area contributed by atoms with Crippen molar-refractivity contribution in [2.24, 2.45) is 11.8 Å². The zero-order valence-corrected chi connectivity index (χ0v) is 10.7. The first kappa shape index (κ1) is 16.4. The lowest BCUT2D eigenvalue weighted by Crippen LogP contribution is -2.32. The molecule has 2 unspecified atom stereocenters. The highest BCUT2D eigenvalue weighted by molar-refractivity contribution is 5.80. The quantitative estimate of drug-likeness (QED) is 0.584. The standard InChI is InChI=1S/C8H12O4.C6H10/c9-7(10)5-3-1-2-4-6(5)8(11)12;1-3-5-6-4-2/h5-6H,1-4H2,(H,9,10)(H,11,12);3-4H,1-2,5-6H2. The lowest BCUT2D eigenvalue weighted by atomic mass is 9.79. The molecule has 1 saturated carbocycles. The molecular formula is C14H22O4. The summed E-state index contributed by atoms with van der Waals surface area (Å²) in [7, 11) is 0. The van der Waals surface area contributed by atoms with E-state index in [1.54, 1.807) is 0 Å². The van der Waals surface area contributed by atoms with Crippen LogP contribution in [0.5, 0.6) is 0 Å². The van der Waals surface area contributed by atoms with Crippen LogP contribution in [-0.4, -0.2) is 22.2 Å². The van der Waals surface area contributed by atoms with Gasteiger partial charge in [-0.25, -0.2) is 0 Å². The molecule has 0 saturated heterocycles. The van der Waals surface area contributed by atoms with Gasteiger partial charge in [-0.1, -0.05) is 25.0 Å². The van der Waals surface area contributed by atoms with Gasteiger partial charge < -0.3 is 10.2 Å².